The van der Waals surface area contributed by atoms with Gasteiger partial charge in [-0.25, -0.2) is 0 Å². The van der Waals surface area contributed by atoms with Crippen LogP contribution in [0, 0.1) is 5.92 Å². The van der Waals surface area contributed by atoms with Gasteiger partial charge in [-0.1, -0.05) is 12.1 Å². The standard InChI is InChI=1S/C13H20N2OS/c1-2-12-9-15(7-4-13(12)14-16)6-3-11-5-8-17-10-11/h5,8,10,12,16H,2-4,6-7,9H2,1H3/b14-13+. The first-order valence-corrected chi connectivity index (χ1v) is 7.22. The van der Waals surface area contributed by atoms with Crippen molar-refractivity contribution >= 4 is 17.0 Å². The molecule has 0 aromatic carbocycles. The van der Waals surface area contributed by atoms with Crippen LogP contribution in [0.3, 0.4) is 0 Å². The van der Waals surface area contributed by atoms with Crippen molar-refractivity contribution in [2.75, 3.05) is 19.6 Å². The highest BCUT2D eigenvalue weighted by Crippen LogP contribution is 2.18. The molecule has 3 nitrogen and oxygen atoms in total. The zero-order chi connectivity index (χ0) is 12.1. The highest BCUT2D eigenvalue weighted by atomic mass is 32.1. The largest absolute Gasteiger partial charge is 0.411 e. The van der Waals surface area contributed by atoms with Gasteiger partial charge in [0.25, 0.3) is 0 Å². The van der Waals surface area contributed by atoms with Gasteiger partial charge in [0.1, 0.15) is 0 Å². The number of thiophene rings is 1. The molecule has 0 saturated carbocycles. The molecule has 1 aliphatic rings. The van der Waals surface area contributed by atoms with Gasteiger partial charge < -0.3 is 10.1 Å². The van der Waals surface area contributed by atoms with Crippen molar-refractivity contribution in [1.29, 1.82) is 0 Å². The monoisotopic (exact) mass is 252 g/mol. The maximum Gasteiger partial charge on any atom is 0.0627 e. The van der Waals surface area contributed by atoms with Gasteiger partial charge in [-0.05, 0) is 35.2 Å². The molecule has 1 N–H and O–H groups in total. The Balaban J connectivity index is 1.83. The zero-order valence-electron chi connectivity index (χ0n) is 10.3. The van der Waals surface area contributed by atoms with Gasteiger partial charge in [0.2, 0.25) is 0 Å². The molecule has 94 valence electrons. The fourth-order valence-electron chi connectivity index (χ4n) is 2.41. The first-order chi connectivity index (χ1) is 8.33. The Morgan fingerprint density at radius 1 is 1.59 bits per heavy atom. The summed E-state index contributed by atoms with van der Waals surface area (Å²) in [7, 11) is 0. The van der Waals surface area contributed by atoms with Crippen LogP contribution in [-0.2, 0) is 6.42 Å². The highest BCUT2D eigenvalue weighted by molar-refractivity contribution is 7.07. The van der Waals surface area contributed by atoms with E-state index in [1.807, 2.05) is 0 Å². The second kappa shape index (κ2) is 6.17. The fraction of sp³-hybridized carbons (Fsp3) is 0.615. The third-order valence-electron chi connectivity index (χ3n) is 3.55. The first kappa shape index (κ1) is 12.6. The molecule has 1 aromatic rings. The molecule has 2 rings (SSSR count). The molecular formula is C13H20N2OS. The number of rotatable bonds is 4. The topological polar surface area (TPSA) is 35.8 Å². The SMILES string of the molecule is CCC1CN(CCc2ccsc2)CC/C1=N\O. The van der Waals surface area contributed by atoms with Crippen molar-refractivity contribution in [3.8, 4) is 0 Å². The number of oxime groups is 1. The Morgan fingerprint density at radius 2 is 2.47 bits per heavy atom. The van der Waals surface area contributed by atoms with Crippen LogP contribution in [0.15, 0.2) is 22.0 Å². The maximum atomic E-state index is 8.93. The normalized spacial score (nSPS) is 24.3. The number of nitrogens with zero attached hydrogens (tertiary/aromatic N) is 2. The Morgan fingerprint density at radius 3 is 3.12 bits per heavy atom. The summed E-state index contributed by atoms with van der Waals surface area (Å²) in [4.78, 5) is 2.49. The summed E-state index contributed by atoms with van der Waals surface area (Å²) < 4.78 is 0. The summed E-state index contributed by atoms with van der Waals surface area (Å²) in [5, 5.41) is 16.7. The average Bonchev–Trinajstić information content (AvgIpc) is 2.89. The van der Waals surface area contributed by atoms with Crippen LogP contribution in [0.25, 0.3) is 0 Å². The maximum absolute atomic E-state index is 8.93. The molecule has 0 bridgehead atoms. The summed E-state index contributed by atoms with van der Waals surface area (Å²) in [5.74, 6) is 0.441. The van der Waals surface area contributed by atoms with E-state index < -0.39 is 0 Å². The van der Waals surface area contributed by atoms with Crippen LogP contribution >= 0.6 is 11.3 Å². The van der Waals surface area contributed by atoms with Crippen LogP contribution in [0.5, 0.6) is 0 Å². The average molecular weight is 252 g/mol. The molecule has 0 radical (unpaired) electrons. The minimum absolute atomic E-state index is 0.441. The molecule has 1 aromatic heterocycles. The van der Waals surface area contributed by atoms with Crippen molar-refractivity contribution in [3.05, 3.63) is 22.4 Å². The Labute approximate surface area is 107 Å². The van der Waals surface area contributed by atoms with E-state index in [4.69, 9.17) is 5.21 Å². The summed E-state index contributed by atoms with van der Waals surface area (Å²) in [6.45, 7) is 5.35. The summed E-state index contributed by atoms with van der Waals surface area (Å²) in [6.07, 6.45) is 3.11. The van der Waals surface area contributed by atoms with E-state index in [0.717, 1.165) is 44.6 Å². The molecular weight excluding hydrogens is 232 g/mol. The van der Waals surface area contributed by atoms with Crippen molar-refractivity contribution in [2.24, 2.45) is 11.1 Å². The number of piperidine rings is 1. The smallest absolute Gasteiger partial charge is 0.0627 e. The van der Waals surface area contributed by atoms with Crippen LogP contribution in [0.2, 0.25) is 0 Å². The van der Waals surface area contributed by atoms with Gasteiger partial charge in [0.05, 0.1) is 5.71 Å². The van der Waals surface area contributed by atoms with Crippen LogP contribution in [0.1, 0.15) is 25.3 Å². The van der Waals surface area contributed by atoms with E-state index in [9.17, 15) is 0 Å². The summed E-state index contributed by atoms with van der Waals surface area (Å²) in [5.41, 5.74) is 2.42. The lowest BCUT2D eigenvalue weighted by Crippen LogP contribution is -2.41. The molecule has 0 spiro atoms. The Bertz CT molecular complexity index is 362. The summed E-state index contributed by atoms with van der Waals surface area (Å²) >= 11 is 1.76. The van der Waals surface area contributed by atoms with Crippen molar-refractivity contribution in [3.63, 3.8) is 0 Å². The minimum atomic E-state index is 0.441. The fourth-order valence-corrected chi connectivity index (χ4v) is 3.11. The second-order valence-corrected chi connectivity index (χ2v) is 5.41. The number of likely N-dealkylation sites (tertiary alicyclic amines) is 1. The lowest BCUT2D eigenvalue weighted by molar-refractivity contribution is 0.230. The minimum Gasteiger partial charge on any atom is -0.411 e. The van der Waals surface area contributed by atoms with E-state index in [0.29, 0.717) is 5.92 Å². The molecule has 4 heteroatoms. The van der Waals surface area contributed by atoms with Gasteiger partial charge in [0.15, 0.2) is 0 Å². The molecule has 0 amide bonds. The van der Waals surface area contributed by atoms with Gasteiger partial charge in [-0.3, -0.25) is 0 Å². The van der Waals surface area contributed by atoms with E-state index in [2.05, 4.69) is 33.8 Å². The van der Waals surface area contributed by atoms with Crippen molar-refractivity contribution < 1.29 is 5.21 Å². The van der Waals surface area contributed by atoms with Gasteiger partial charge in [-0.2, -0.15) is 11.3 Å². The highest BCUT2D eigenvalue weighted by Gasteiger charge is 2.24. The van der Waals surface area contributed by atoms with Crippen LogP contribution in [0.4, 0.5) is 0 Å². The van der Waals surface area contributed by atoms with Gasteiger partial charge >= 0.3 is 0 Å². The molecule has 1 saturated heterocycles. The van der Waals surface area contributed by atoms with Gasteiger partial charge in [-0.15, -0.1) is 0 Å². The molecule has 1 aliphatic heterocycles. The molecule has 1 fully saturated rings. The number of hydrogen-bond acceptors (Lipinski definition) is 4. The second-order valence-electron chi connectivity index (χ2n) is 4.63. The Hall–Kier alpha value is -0.870. The summed E-state index contributed by atoms with van der Waals surface area (Å²) in [6, 6.07) is 2.20. The first-order valence-electron chi connectivity index (χ1n) is 6.27. The molecule has 2 heterocycles. The third kappa shape index (κ3) is 3.30. The van der Waals surface area contributed by atoms with E-state index in [-0.39, 0.29) is 0 Å². The molecule has 1 atom stereocenters. The zero-order valence-corrected chi connectivity index (χ0v) is 11.1. The van der Waals surface area contributed by atoms with Crippen LogP contribution in [-0.4, -0.2) is 35.5 Å². The third-order valence-corrected chi connectivity index (χ3v) is 4.28. The molecule has 17 heavy (non-hydrogen) atoms. The molecule has 0 aliphatic carbocycles. The quantitative estimate of drug-likeness (QED) is 0.660. The van der Waals surface area contributed by atoms with Gasteiger partial charge in [0, 0.05) is 32.0 Å². The number of hydrogen-bond donors (Lipinski definition) is 1. The van der Waals surface area contributed by atoms with Crippen molar-refractivity contribution in [2.45, 2.75) is 26.2 Å². The van der Waals surface area contributed by atoms with E-state index >= 15 is 0 Å². The lowest BCUT2D eigenvalue weighted by atomic mass is 9.93. The van der Waals surface area contributed by atoms with Crippen LogP contribution < -0.4 is 0 Å². The Kier molecular flexibility index (Phi) is 4.57. The predicted molar refractivity (Wildman–Crippen MR) is 72.1 cm³/mol. The lowest BCUT2D eigenvalue weighted by Gasteiger charge is -2.32. The predicted octanol–water partition coefficient (Wildman–Crippen LogP) is 2.85. The van der Waals surface area contributed by atoms with E-state index in [1.165, 1.54) is 5.56 Å². The molecule has 1 unspecified atom stereocenters. The van der Waals surface area contributed by atoms with E-state index in [1.54, 1.807) is 11.3 Å². The van der Waals surface area contributed by atoms with Crippen molar-refractivity contribution in [1.82, 2.24) is 4.90 Å².